The van der Waals surface area contributed by atoms with Crippen molar-refractivity contribution < 1.29 is 23.2 Å². The van der Waals surface area contributed by atoms with Gasteiger partial charge in [-0.1, -0.05) is 23.5 Å². The Hall–Kier alpha value is -3.20. The molecule has 0 saturated heterocycles. The van der Waals surface area contributed by atoms with E-state index in [1.807, 2.05) is 0 Å². The maximum atomic E-state index is 13.3. The van der Waals surface area contributed by atoms with Crippen LogP contribution in [-0.4, -0.2) is 34.2 Å². The largest absolute Gasteiger partial charge is 0.302 e. The smallest absolute Gasteiger partial charge is 0.261 e. The summed E-state index contributed by atoms with van der Waals surface area (Å²) in [6.07, 6.45) is 0.345. The predicted molar refractivity (Wildman–Crippen MR) is 99.2 cm³/mol. The maximum Gasteiger partial charge on any atom is 0.261 e. The second-order valence-electron chi connectivity index (χ2n) is 6.21. The fraction of sp³-hybridized carbons (Fsp3) is 0.158. The van der Waals surface area contributed by atoms with E-state index < -0.39 is 11.6 Å². The van der Waals surface area contributed by atoms with Gasteiger partial charge in [-0.15, -0.1) is 0 Å². The zero-order chi connectivity index (χ0) is 19.8. The minimum absolute atomic E-state index is 0.0616. The van der Waals surface area contributed by atoms with Gasteiger partial charge in [-0.2, -0.15) is 0 Å². The van der Waals surface area contributed by atoms with Gasteiger partial charge in [0.05, 0.1) is 21.3 Å². The molecule has 28 heavy (non-hydrogen) atoms. The first kappa shape index (κ1) is 18.2. The van der Waals surface area contributed by atoms with E-state index in [0.29, 0.717) is 15.8 Å². The van der Waals surface area contributed by atoms with Gasteiger partial charge in [0.1, 0.15) is 0 Å². The number of carbonyl (C=O) groups is 3. The van der Waals surface area contributed by atoms with E-state index in [2.05, 4.69) is 10.3 Å². The average Bonchev–Trinajstić information content (AvgIpc) is 3.15. The summed E-state index contributed by atoms with van der Waals surface area (Å²) in [5.74, 6) is -3.07. The average molecular weight is 401 g/mol. The van der Waals surface area contributed by atoms with Crippen molar-refractivity contribution in [3.05, 3.63) is 59.2 Å². The second kappa shape index (κ2) is 7.08. The van der Waals surface area contributed by atoms with Gasteiger partial charge in [0.15, 0.2) is 16.8 Å². The van der Waals surface area contributed by atoms with Gasteiger partial charge >= 0.3 is 0 Å². The van der Waals surface area contributed by atoms with Gasteiger partial charge in [-0.25, -0.2) is 13.8 Å². The zero-order valence-electron chi connectivity index (χ0n) is 14.4. The molecule has 6 nitrogen and oxygen atoms in total. The molecule has 2 heterocycles. The number of hydrogen-bond acceptors (Lipinski definition) is 5. The monoisotopic (exact) mass is 401 g/mol. The molecule has 4 rings (SSSR count). The topological polar surface area (TPSA) is 79.4 Å². The summed E-state index contributed by atoms with van der Waals surface area (Å²) in [7, 11) is 0. The molecular weight excluding hydrogens is 388 g/mol. The van der Waals surface area contributed by atoms with Crippen LogP contribution in [0.4, 0.5) is 13.9 Å². The van der Waals surface area contributed by atoms with E-state index in [-0.39, 0.29) is 47.8 Å². The van der Waals surface area contributed by atoms with E-state index in [0.717, 1.165) is 28.4 Å². The number of benzene rings is 2. The van der Waals surface area contributed by atoms with Gasteiger partial charge in [0.2, 0.25) is 5.91 Å². The molecule has 3 amide bonds. The van der Waals surface area contributed by atoms with Crippen molar-refractivity contribution in [1.82, 2.24) is 9.88 Å². The Bertz CT molecular complexity index is 1050. The lowest BCUT2D eigenvalue weighted by atomic mass is 10.1. The van der Waals surface area contributed by atoms with Crippen LogP contribution >= 0.6 is 11.3 Å². The molecule has 1 aromatic heterocycles. The molecule has 0 aliphatic carbocycles. The Morgan fingerprint density at radius 2 is 1.71 bits per heavy atom. The quantitative estimate of drug-likeness (QED) is 0.663. The van der Waals surface area contributed by atoms with E-state index in [4.69, 9.17) is 0 Å². The third kappa shape index (κ3) is 3.24. The van der Waals surface area contributed by atoms with Gasteiger partial charge in [0.25, 0.3) is 11.8 Å². The Balaban J connectivity index is 1.34. The van der Waals surface area contributed by atoms with Gasteiger partial charge in [-0.05, 0) is 24.6 Å². The molecule has 0 atom stereocenters. The summed E-state index contributed by atoms with van der Waals surface area (Å²) < 4.78 is 26.9. The summed E-state index contributed by atoms with van der Waals surface area (Å²) in [5, 5.41) is 2.80. The molecule has 0 fully saturated rings. The number of fused-ring (bicyclic) bond motifs is 2. The third-order valence-electron chi connectivity index (χ3n) is 4.34. The molecule has 0 bridgehead atoms. The van der Waals surface area contributed by atoms with Crippen LogP contribution in [0.3, 0.4) is 0 Å². The first-order valence-electron chi connectivity index (χ1n) is 8.44. The first-order valence-corrected chi connectivity index (χ1v) is 9.26. The van der Waals surface area contributed by atoms with Crippen LogP contribution in [0, 0.1) is 11.6 Å². The molecule has 0 unspecified atom stereocenters. The molecule has 1 aliphatic rings. The standard InChI is InChI=1S/C19H13F2N3O3S/c20-12-8-14-15(9-13(12)21)28-19(22-14)23-16(25)6-3-7-24-17(26)10-4-1-2-5-11(10)18(24)27/h1-2,4-5,8-9H,3,6-7H2,(H,22,23,25). The molecule has 1 N–H and O–H groups in total. The zero-order valence-corrected chi connectivity index (χ0v) is 15.2. The lowest BCUT2D eigenvalue weighted by Gasteiger charge is -2.13. The molecule has 2 aromatic carbocycles. The van der Waals surface area contributed by atoms with Crippen molar-refractivity contribution in [3.8, 4) is 0 Å². The van der Waals surface area contributed by atoms with Crippen molar-refractivity contribution in [2.45, 2.75) is 12.8 Å². The summed E-state index contributed by atoms with van der Waals surface area (Å²) in [6, 6.07) is 8.58. The third-order valence-corrected chi connectivity index (χ3v) is 5.27. The van der Waals surface area contributed by atoms with E-state index in [1.165, 1.54) is 0 Å². The molecule has 142 valence electrons. The van der Waals surface area contributed by atoms with E-state index >= 15 is 0 Å². The summed E-state index contributed by atoms with van der Waals surface area (Å²) >= 11 is 1.03. The lowest BCUT2D eigenvalue weighted by molar-refractivity contribution is -0.116. The van der Waals surface area contributed by atoms with Crippen LogP contribution in [0.5, 0.6) is 0 Å². The number of aromatic nitrogens is 1. The van der Waals surface area contributed by atoms with E-state index in [9.17, 15) is 23.2 Å². The summed E-state index contributed by atoms with van der Waals surface area (Å²) in [6.45, 7) is 0.121. The Kier molecular flexibility index (Phi) is 4.60. The molecule has 0 saturated carbocycles. The number of amides is 3. The van der Waals surface area contributed by atoms with Gasteiger partial charge in [0, 0.05) is 19.0 Å². The lowest BCUT2D eigenvalue weighted by Crippen LogP contribution is -2.31. The second-order valence-corrected chi connectivity index (χ2v) is 7.24. The minimum Gasteiger partial charge on any atom is -0.302 e. The number of anilines is 1. The van der Waals surface area contributed by atoms with E-state index in [1.54, 1.807) is 24.3 Å². The number of nitrogens with one attached hydrogen (secondary N) is 1. The number of hydrogen-bond donors (Lipinski definition) is 1. The minimum atomic E-state index is -1.00. The highest BCUT2D eigenvalue weighted by Gasteiger charge is 2.34. The number of carbonyl (C=O) groups excluding carboxylic acids is 3. The normalized spacial score (nSPS) is 13.3. The summed E-state index contributed by atoms with van der Waals surface area (Å²) in [5.41, 5.74) is 0.988. The molecular formula is C19H13F2N3O3S. The van der Waals surface area contributed by atoms with Crippen molar-refractivity contribution in [1.29, 1.82) is 0 Å². The highest BCUT2D eigenvalue weighted by molar-refractivity contribution is 7.22. The van der Waals surface area contributed by atoms with Crippen LogP contribution in [0.25, 0.3) is 10.2 Å². The SMILES string of the molecule is O=C(CCCN1C(=O)c2ccccc2C1=O)Nc1nc2cc(F)c(F)cc2s1. The van der Waals surface area contributed by atoms with Crippen molar-refractivity contribution in [2.24, 2.45) is 0 Å². The number of halogens is 2. The number of thiazole rings is 1. The van der Waals surface area contributed by atoms with Crippen LogP contribution in [0.1, 0.15) is 33.6 Å². The Labute approximate surface area is 161 Å². The van der Waals surface area contributed by atoms with Crippen LogP contribution < -0.4 is 5.32 Å². The Morgan fingerprint density at radius 1 is 1.07 bits per heavy atom. The fourth-order valence-electron chi connectivity index (χ4n) is 3.00. The Morgan fingerprint density at radius 3 is 2.39 bits per heavy atom. The molecule has 0 spiro atoms. The maximum absolute atomic E-state index is 13.3. The van der Waals surface area contributed by atoms with Crippen LogP contribution in [-0.2, 0) is 4.79 Å². The molecule has 9 heteroatoms. The first-order chi connectivity index (χ1) is 13.4. The highest BCUT2D eigenvalue weighted by Crippen LogP contribution is 2.28. The van der Waals surface area contributed by atoms with Gasteiger partial charge < -0.3 is 5.32 Å². The number of rotatable bonds is 5. The highest BCUT2D eigenvalue weighted by atomic mass is 32.1. The number of imide groups is 1. The van der Waals surface area contributed by atoms with Crippen LogP contribution in [0.15, 0.2) is 36.4 Å². The van der Waals surface area contributed by atoms with Crippen LogP contribution in [0.2, 0.25) is 0 Å². The molecule has 3 aromatic rings. The number of nitrogens with zero attached hydrogens (tertiary/aromatic N) is 2. The van der Waals surface area contributed by atoms with Crippen molar-refractivity contribution in [3.63, 3.8) is 0 Å². The molecule has 1 aliphatic heterocycles. The predicted octanol–water partition coefficient (Wildman–Crippen LogP) is 3.59. The van der Waals surface area contributed by atoms with Crippen molar-refractivity contribution in [2.75, 3.05) is 11.9 Å². The van der Waals surface area contributed by atoms with Gasteiger partial charge in [-0.3, -0.25) is 19.3 Å². The molecule has 0 radical (unpaired) electrons. The summed E-state index contributed by atoms with van der Waals surface area (Å²) in [4.78, 5) is 41.8. The van der Waals surface area contributed by atoms with Crippen molar-refractivity contribution >= 4 is 44.4 Å². The fourth-order valence-corrected chi connectivity index (χ4v) is 3.89.